The first-order chi connectivity index (χ1) is 16.9. The molecule has 1 aromatic heterocycles. The normalized spacial score (nSPS) is 37.4. The summed E-state index contributed by atoms with van der Waals surface area (Å²) in [7, 11) is -4.17. The molecule has 0 spiro atoms. The third-order valence-corrected chi connectivity index (χ3v) is 9.83. The van der Waals surface area contributed by atoms with Crippen LogP contribution in [0.15, 0.2) is 4.42 Å². The van der Waals surface area contributed by atoms with Crippen LogP contribution in [0.25, 0.3) is 0 Å². The summed E-state index contributed by atoms with van der Waals surface area (Å²) in [4.78, 5) is 51.6. The number of carbonyl (C=O) groups excluding carboxylic acids is 4. The number of rotatable bonds is 9. The number of fused-ring (bicyclic) bond motifs is 1. The average Bonchev–Trinajstić information content (AvgIpc) is 3.36. The first-order valence-corrected chi connectivity index (χ1v) is 13.7. The number of hydrogen-bond acceptors (Lipinski definition) is 10. The van der Waals surface area contributed by atoms with Crippen LogP contribution >= 0.6 is 0 Å². The fraction of sp³-hybridized carbons (Fsp3) is 0.667. The average molecular weight is 523 g/mol. The van der Waals surface area contributed by atoms with E-state index in [-0.39, 0.29) is 60.3 Å². The Kier molecular flexibility index (Phi) is 4.95. The highest BCUT2D eigenvalue weighted by Crippen LogP contribution is 2.66. The van der Waals surface area contributed by atoms with E-state index in [1.165, 1.54) is 6.92 Å². The van der Waals surface area contributed by atoms with E-state index in [9.17, 15) is 27.6 Å². The van der Waals surface area contributed by atoms with Crippen molar-refractivity contribution in [3.05, 3.63) is 11.5 Å². The van der Waals surface area contributed by atoms with Gasteiger partial charge in [0.2, 0.25) is 11.5 Å². The molecule has 12 heteroatoms. The quantitative estimate of drug-likeness (QED) is 0.216. The van der Waals surface area contributed by atoms with E-state index in [1.807, 2.05) is 0 Å². The van der Waals surface area contributed by atoms with Crippen LogP contribution in [-0.4, -0.2) is 55.9 Å². The summed E-state index contributed by atoms with van der Waals surface area (Å²) in [6, 6.07) is 0. The van der Waals surface area contributed by atoms with Gasteiger partial charge in [0.25, 0.3) is 10.1 Å². The highest BCUT2D eigenvalue weighted by Gasteiger charge is 2.73. The van der Waals surface area contributed by atoms with Gasteiger partial charge in [0, 0.05) is 18.4 Å². The van der Waals surface area contributed by atoms with E-state index in [1.54, 1.807) is 0 Å². The van der Waals surface area contributed by atoms with Crippen molar-refractivity contribution in [3.8, 4) is 11.5 Å². The van der Waals surface area contributed by atoms with Crippen molar-refractivity contribution in [1.29, 1.82) is 0 Å². The second-order valence-electron chi connectivity index (χ2n) is 11.1. The van der Waals surface area contributed by atoms with Crippen molar-refractivity contribution in [3.63, 3.8) is 0 Å². The minimum absolute atomic E-state index is 0.0181. The van der Waals surface area contributed by atoms with Crippen molar-refractivity contribution < 1.29 is 50.8 Å². The minimum atomic E-state index is -4.17. The number of ether oxygens (including phenoxy) is 3. The fourth-order valence-electron chi connectivity index (χ4n) is 7.30. The van der Waals surface area contributed by atoms with Gasteiger partial charge in [-0.05, 0) is 51.4 Å². The number of hydrogen-bond donors (Lipinski definition) is 1. The molecule has 194 valence electrons. The molecule has 4 aliphatic carbocycles. The third kappa shape index (κ3) is 3.00. The molecule has 1 aromatic rings. The van der Waals surface area contributed by atoms with Gasteiger partial charge in [0.1, 0.15) is 22.9 Å². The summed E-state index contributed by atoms with van der Waals surface area (Å²) >= 11 is 0. The maximum absolute atomic E-state index is 13.6. The van der Waals surface area contributed by atoms with Gasteiger partial charge in [-0.1, -0.05) is 0 Å². The van der Waals surface area contributed by atoms with Crippen LogP contribution in [0.3, 0.4) is 0 Å². The molecule has 0 amide bonds. The van der Waals surface area contributed by atoms with Crippen molar-refractivity contribution in [1.82, 2.24) is 0 Å². The number of esters is 2. The Balaban J connectivity index is 1.28. The van der Waals surface area contributed by atoms with Gasteiger partial charge in [-0.15, -0.1) is 0 Å². The highest BCUT2D eigenvalue weighted by atomic mass is 32.2. The zero-order valence-corrected chi connectivity index (χ0v) is 20.4. The predicted octanol–water partition coefficient (Wildman–Crippen LogP) is 1.50. The summed E-state index contributed by atoms with van der Waals surface area (Å²) in [6.45, 7) is 1.02. The number of Topliss-reactive ketones (excluding diaryl/α,β-unsaturated/α-hetero) is 1. The molecule has 1 N–H and O–H groups in total. The van der Waals surface area contributed by atoms with Crippen molar-refractivity contribution in [2.24, 2.45) is 23.2 Å². The largest absolute Gasteiger partial charge is 0.455 e. The van der Waals surface area contributed by atoms with Gasteiger partial charge in [-0.3, -0.25) is 18.9 Å². The summed E-state index contributed by atoms with van der Waals surface area (Å²) in [6.07, 6.45) is 3.58. The molecule has 6 aliphatic rings. The van der Waals surface area contributed by atoms with E-state index in [2.05, 4.69) is 0 Å². The van der Waals surface area contributed by atoms with Crippen LogP contribution in [0.5, 0.6) is 11.5 Å². The first kappa shape index (κ1) is 23.8. The van der Waals surface area contributed by atoms with Crippen LogP contribution in [-0.2, 0) is 44.9 Å². The van der Waals surface area contributed by atoms with Crippen LogP contribution in [0.2, 0.25) is 0 Å². The molecule has 4 fully saturated rings. The zero-order valence-electron chi connectivity index (χ0n) is 19.6. The van der Waals surface area contributed by atoms with Crippen molar-refractivity contribution >= 4 is 34.1 Å². The molecule has 0 radical (unpaired) electrons. The van der Waals surface area contributed by atoms with Gasteiger partial charge < -0.3 is 23.4 Å². The second kappa shape index (κ2) is 7.48. The number of carbonyl (C=O) groups is 4. The first-order valence-electron chi connectivity index (χ1n) is 12.1. The molecule has 4 atom stereocenters. The van der Waals surface area contributed by atoms with Crippen molar-refractivity contribution in [2.45, 2.75) is 56.3 Å². The summed E-state index contributed by atoms with van der Waals surface area (Å²) in [5.74, 6) is -1.63. The number of furan rings is 1. The van der Waals surface area contributed by atoms with Crippen LogP contribution < -0.4 is 9.47 Å². The molecule has 0 saturated heterocycles. The molecule has 4 unspecified atom stereocenters. The van der Waals surface area contributed by atoms with Crippen LogP contribution in [0.4, 0.5) is 0 Å². The topological polar surface area (TPSA) is 163 Å². The van der Waals surface area contributed by atoms with E-state index < -0.39 is 44.1 Å². The molecule has 0 aromatic carbocycles. The molecule has 6 bridgehead atoms. The van der Waals surface area contributed by atoms with E-state index in [4.69, 9.17) is 23.2 Å². The lowest BCUT2D eigenvalue weighted by molar-refractivity contribution is -0.167. The maximum atomic E-state index is 13.6. The third-order valence-electron chi connectivity index (χ3n) is 9.02. The van der Waals surface area contributed by atoms with Gasteiger partial charge >= 0.3 is 11.9 Å². The lowest BCUT2D eigenvalue weighted by Crippen LogP contribution is -2.55. The molecular weight excluding hydrogens is 496 g/mol. The molecule has 7 rings (SSSR count). The Bertz CT molecular complexity index is 1290. The molecule has 11 nitrogen and oxygen atoms in total. The van der Waals surface area contributed by atoms with Gasteiger partial charge in [0.05, 0.1) is 17.8 Å². The van der Waals surface area contributed by atoms with Gasteiger partial charge in [0.15, 0.2) is 11.5 Å². The Morgan fingerprint density at radius 3 is 2.50 bits per heavy atom. The zero-order chi connectivity index (χ0) is 25.7. The predicted molar refractivity (Wildman–Crippen MR) is 118 cm³/mol. The van der Waals surface area contributed by atoms with E-state index >= 15 is 0 Å². The number of aldehydes is 1. The molecule has 3 heterocycles. The Labute approximate surface area is 206 Å². The van der Waals surface area contributed by atoms with Crippen LogP contribution in [0, 0.1) is 23.2 Å². The monoisotopic (exact) mass is 522 g/mol. The molecule has 36 heavy (non-hydrogen) atoms. The Morgan fingerprint density at radius 2 is 1.86 bits per heavy atom. The van der Waals surface area contributed by atoms with Gasteiger partial charge in [-0.2, -0.15) is 8.42 Å². The standard InChI is InChI=1S/C24H26O11S/c1-22-18-16(33-20(22)27)17(19(35-18)24(22,10-25)11-32-3-2-4-36(29,30)31)34-21(28)23-7-12-5-13(8-23)15(26)14(6-12)9-23/h10,12-14H,2-9,11H2,1H3,(H,29,30,31). The second-order valence-corrected chi connectivity index (χ2v) is 12.7. The fourth-order valence-corrected chi connectivity index (χ4v) is 7.78. The number of ketones is 1. The highest BCUT2D eigenvalue weighted by molar-refractivity contribution is 7.85. The van der Waals surface area contributed by atoms with Crippen LogP contribution in [0.1, 0.15) is 57.0 Å². The van der Waals surface area contributed by atoms with Crippen molar-refractivity contribution in [2.75, 3.05) is 19.0 Å². The minimum Gasteiger partial charge on any atom is -0.455 e. The van der Waals surface area contributed by atoms with Gasteiger partial charge in [-0.25, -0.2) is 0 Å². The van der Waals surface area contributed by atoms with E-state index in [0.717, 1.165) is 12.8 Å². The summed E-state index contributed by atoms with van der Waals surface area (Å²) in [5.41, 5.74) is -4.00. The summed E-state index contributed by atoms with van der Waals surface area (Å²) in [5, 5.41) is 0. The lowest BCUT2D eigenvalue weighted by atomic mass is 9.49. The molecular formula is C24H26O11S. The smallest absolute Gasteiger partial charge is 0.326 e. The molecule has 4 saturated carbocycles. The van der Waals surface area contributed by atoms with E-state index in [0.29, 0.717) is 31.5 Å². The SMILES string of the molecule is CC12C(=O)Oc3c1oc(c3OC(=O)C13CC4CC(C1)C(=O)C(C4)C3)C2(C=O)COCCCS(=O)(=O)O. The lowest BCUT2D eigenvalue weighted by Gasteiger charge is -2.53. The molecule has 2 aliphatic heterocycles. The maximum Gasteiger partial charge on any atom is 0.326 e. The summed E-state index contributed by atoms with van der Waals surface area (Å²) < 4.78 is 53.5. The Morgan fingerprint density at radius 1 is 1.17 bits per heavy atom. The Hall–Kier alpha value is -2.57.